The molecule has 0 bridgehead atoms. The Bertz CT molecular complexity index is 706. The third-order valence-electron chi connectivity index (χ3n) is 4.52. The molecular weight excluding hydrogens is 299 g/mol. The summed E-state index contributed by atoms with van der Waals surface area (Å²) in [7, 11) is 1.43. The van der Waals surface area contributed by atoms with E-state index in [1.807, 2.05) is 6.20 Å². The molecule has 1 N–H and O–H groups in total. The molecule has 6 heteroatoms. The van der Waals surface area contributed by atoms with Gasteiger partial charge in [0.15, 0.2) is 11.6 Å². The second-order valence-corrected chi connectivity index (χ2v) is 5.85. The van der Waals surface area contributed by atoms with E-state index in [2.05, 4.69) is 9.55 Å². The van der Waals surface area contributed by atoms with E-state index in [0.29, 0.717) is 12.8 Å². The fraction of sp³-hybridized carbons (Fsp3) is 0.412. The Morgan fingerprint density at radius 2 is 2.09 bits per heavy atom. The normalized spacial score (nSPS) is 21.1. The number of aliphatic carboxylic acids is 1. The second-order valence-electron chi connectivity index (χ2n) is 5.85. The van der Waals surface area contributed by atoms with Crippen molar-refractivity contribution in [1.29, 1.82) is 0 Å². The van der Waals surface area contributed by atoms with E-state index in [1.54, 1.807) is 18.3 Å². The highest BCUT2D eigenvalue weighted by atomic mass is 19.1. The van der Waals surface area contributed by atoms with Crippen molar-refractivity contribution in [1.82, 2.24) is 9.55 Å². The molecule has 1 saturated carbocycles. The van der Waals surface area contributed by atoms with Crippen molar-refractivity contribution in [2.45, 2.75) is 31.7 Å². The number of nitrogens with zero attached hydrogens (tertiary/aromatic N) is 2. The van der Waals surface area contributed by atoms with Crippen LogP contribution in [-0.4, -0.2) is 27.7 Å². The summed E-state index contributed by atoms with van der Waals surface area (Å²) in [4.78, 5) is 15.5. The minimum Gasteiger partial charge on any atom is -0.494 e. The van der Waals surface area contributed by atoms with Gasteiger partial charge in [0.05, 0.1) is 13.0 Å². The van der Waals surface area contributed by atoms with Crippen LogP contribution in [0.2, 0.25) is 0 Å². The maximum atomic E-state index is 13.6. The third-order valence-corrected chi connectivity index (χ3v) is 4.52. The minimum absolute atomic E-state index is 0.187. The highest BCUT2D eigenvalue weighted by molar-refractivity contribution is 5.70. The first-order chi connectivity index (χ1) is 11.1. The summed E-state index contributed by atoms with van der Waals surface area (Å²) in [5.74, 6) is -0.424. The van der Waals surface area contributed by atoms with E-state index in [4.69, 9.17) is 9.84 Å². The maximum Gasteiger partial charge on any atom is 0.306 e. The Balaban J connectivity index is 1.84. The third kappa shape index (κ3) is 3.06. The summed E-state index contributed by atoms with van der Waals surface area (Å²) in [6.45, 7) is 0. The lowest BCUT2D eigenvalue weighted by atomic mass is 9.86. The molecule has 1 fully saturated rings. The van der Waals surface area contributed by atoms with Gasteiger partial charge in [-0.3, -0.25) is 4.79 Å². The molecule has 0 unspecified atom stereocenters. The number of rotatable bonds is 4. The molecule has 1 aliphatic rings. The molecule has 1 aromatic heterocycles. The van der Waals surface area contributed by atoms with Crippen LogP contribution in [0.5, 0.6) is 5.75 Å². The average molecular weight is 318 g/mol. The Labute approximate surface area is 133 Å². The van der Waals surface area contributed by atoms with Crippen LogP contribution in [0.4, 0.5) is 4.39 Å². The smallest absolute Gasteiger partial charge is 0.306 e. The first kappa shape index (κ1) is 15.5. The molecule has 3 rings (SSSR count). The largest absolute Gasteiger partial charge is 0.494 e. The molecule has 23 heavy (non-hydrogen) atoms. The van der Waals surface area contributed by atoms with E-state index < -0.39 is 11.8 Å². The van der Waals surface area contributed by atoms with E-state index in [1.165, 1.54) is 13.2 Å². The van der Waals surface area contributed by atoms with E-state index in [-0.39, 0.29) is 17.7 Å². The van der Waals surface area contributed by atoms with Crippen LogP contribution < -0.4 is 4.74 Å². The van der Waals surface area contributed by atoms with Gasteiger partial charge in [-0.15, -0.1) is 0 Å². The van der Waals surface area contributed by atoms with Crippen molar-refractivity contribution in [3.63, 3.8) is 0 Å². The summed E-state index contributed by atoms with van der Waals surface area (Å²) in [6.07, 6.45) is 6.57. The van der Waals surface area contributed by atoms with Crippen molar-refractivity contribution in [3.05, 3.63) is 36.4 Å². The Morgan fingerprint density at radius 1 is 1.35 bits per heavy atom. The highest BCUT2D eigenvalue weighted by Crippen LogP contribution is 2.35. The van der Waals surface area contributed by atoms with Crippen LogP contribution in [0.25, 0.3) is 11.4 Å². The SMILES string of the molecule is COc1cc(-c2nccn2C2CCC(C(=O)O)CC2)ccc1F. The number of hydrogen-bond acceptors (Lipinski definition) is 3. The quantitative estimate of drug-likeness (QED) is 0.937. The van der Waals surface area contributed by atoms with Crippen molar-refractivity contribution in [2.75, 3.05) is 7.11 Å². The van der Waals surface area contributed by atoms with E-state index in [0.717, 1.165) is 24.2 Å². The molecule has 0 saturated heterocycles. The van der Waals surface area contributed by atoms with E-state index in [9.17, 15) is 9.18 Å². The molecule has 2 aromatic rings. The number of carbonyl (C=O) groups is 1. The van der Waals surface area contributed by atoms with Gasteiger partial charge in [0, 0.05) is 24.0 Å². The molecular formula is C17H19FN2O3. The van der Waals surface area contributed by atoms with Gasteiger partial charge in [-0.25, -0.2) is 9.37 Å². The zero-order valence-electron chi connectivity index (χ0n) is 12.9. The fourth-order valence-corrected chi connectivity index (χ4v) is 3.23. The zero-order chi connectivity index (χ0) is 16.4. The lowest BCUT2D eigenvalue weighted by Crippen LogP contribution is -2.23. The van der Waals surface area contributed by atoms with Gasteiger partial charge in [-0.05, 0) is 43.9 Å². The van der Waals surface area contributed by atoms with E-state index >= 15 is 0 Å². The second kappa shape index (κ2) is 6.40. The Morgan fingerprint density at radius 3 is 2.74 bits per heavy atom. The predicted molar refractivity (Wildman–Crippen MR) is 82.8 cm³/mol. The standard InChI is InChI=1S/C17H19FN2O3/c1-23-15-10-12(4-7-14(15)18)16-19-8-9-20(16)13-5-2-11(3-6-13)17(21)22/h4,7-11,13H,2-3,5-6H2,1H3,(H,21,22). The number of carboxylic acids is 1. The summed E-state index contributed by atoms with van der Waals surface area (Å²) >= 11 is 0. The number of imidazole rings is 1. The molecule has 122 valence electrons. The van der Waals surface area contributed by atoms with Gasteiger partial charge >= 0.3 is 5.97 Å². The zero-order valence-corrected chi connectivity index (χ0v) is 12.9. The van der Waals surface area contributed by atoms with Gasteiger partial charge in [-0.1, -0.05) is 0 Å². The number of methoxy groups -OCH3 is 1. The summed E-state index contributed by atoms with van der Waals surface area (Å²) in [5.41, 5.74) is 0.786. The van der Waals surface area contributed by atoms with Crippen LogP contribution in [0.1, 0.15) is 31.7 Å². The number of hydrogen-bond donors (Lipinski definition) is 1. The van der Waals surface area contributed by atoms with Gasteiger partial charge < -0.3 is 14.4 Å². The first-order valence-corrected chi connectivity index (χ1v) is 7.69. The monoisotopic (exact) mass is 318 g/mol. The molecule has 0 atom stereocenters. The summed E-state index contributed by atoms with van der Waals surface area (Å²) in [5, 5.41) is 9.10. The number of ether oxygens (including phenoxy) is 1. The number of aromatic nitrogens is 2. The topological polar surface area (TPSA) is 64.4 Å². The van der Waals surface area contributed by atoms with Crippen molar-refractivity contribution in [3.8, 4) is 17.1 Å². The van der Waals surface area contributed by atoms with Crippen molar-refractivity contribution in [2.24, 2.45) is 5.92 Å². The van der Waals surface area contributed by atoms with Crippen LogP contribution in [0.3, 0.4) is 0 Å². The summed E-state index contributed by atoms with van der Waals surface area (Å²) < 4.78 is 20.7. The van der Waals surface area contributed by atoms with Crippen LogP contribution >= 0.6 is 0 Å². The number of halogens is 1. The Kier molecular flexibility index (Phi) is 4.32. The van der Waals surface area contributed by atoms with Gasteiger partial charge in [-0.2, -0.15) is 0 Å². The molecule has 0 amide bonds. The predicted octanol–water partition coefficient (Wildman–Crippen LogP) is 3.51. The van der Waals surface area contributed by atoms with Gasteiger partial charge in [0.2, 0.25) is 0 Å². The van der Waals surface area contributed by atoms with Crippen LogP contribution in [-0.2, 0) is 4.79 Å². The van der Waals surface area contributed by atoms with Gasteiger partial charge in [0.1, 0.15) is 5.82 Å². The number of carboxylic acid groups (broad SMARTS) is 1. The van der Waals surface area contributed by atoms with Crippen LogP contribution in [0.15, 0.2) is 30.6 Å². The first-order valence-electron chi connectivity index (χ1n) is 7.69. The molecule has 0 spiro atoms. The van der Waals surface area contributed by atoms with Gasteiger partial charge in [0.25, 0.3) is 0 Å². The highest BCUT2D eigenvalue weighted by Gasteiger charge is 2.27. The lowest BCUT2D eigenvalue weighted by molar-refractivity contribution is -0.143. The molecule has 0 radical (unpaired) electrons. The minimum atomic E-state index is -0.711. The molecule has 1 aliphatic carbocycles. The maximum absolute atomic E-state index is 13.6. The average Bonchev–Trinajstić information content (AvgIpc) is 3.05. The molecule has 1 aromatic carbocycles. The fourth-order valence-electron chi connectivity index (χ4n) is 3.23. The number of benzene rings is 1. The van der Waals surface area contributed by atoms with Crippen LogP contribution in [0, 0.1) is 11.7 Å². The molecule has 0 aliphatic heterocycles. The summed E-state index contributed by atoms with van der Waals surface area (Å²) in [6, 6.07) is 4.91. The van der Waals surface area contributed by atoms with Crippen molar-refractivity contribution >= 4 is 5.97 Å². The molecule has 1 heterocycles. The lowest BCUT2D eigenvalue weighted by Gasteiger charge is -2.28. The molecule has 5 nitrogen and oxygen atoms in total. The van der Waals surface area contributed by atoms with Crippen molar-refractivity contribution < 1.29 is 19.0 Å². The Hall–Kier alpha value is -2.37.